The minimum atomic E-state index is -0.337. The number of amides is 3. The van der Waals surface area contributed by atoms with Crippen LogP contribution in [0.5, 0.6) is 0 Å². The van der Waals surface area contributed by atoms with Gasteiger partial charge in [0.15, 0.2) is 0 Å². The van der Waals surface area contributed by atoms with E-state index >= 15 is 0 Å². The topological polar surface area (TPSA) is 82.6 Å². The van der Waals surface area contributed by atoms with Gasteiger partial charge in [-0.3, -0.25) is 19.4 Å². The first-order valence-electron chi connectivity index (χ1n) is 10.5. The summed E-state index contributed by atoms with van der Waals surface area (Å²) in [4.78, 5) is 45.6. The Morgan fingerprint density at radius 1 is 1.10 bits per heavy atom. The first-order valence-corrected chi connectivity index (χ1v) is 11.3. The highest BCUT2D eigenvalue weighted by Crippen LogP contribution is 2.32. The number of carbonyl (C=O) groups is 3. The summed E-state index contributed by atoms with van der Waals surface area (Å²) in [7, 11) is 0. The first kappa shape index (κ1) is 21.5. The SMILES string of the molecule is O=C(NCc1cccnc1)C1CCN(C(=O)C2CC(=O)N(c3ccccc3Br)C2)CC1. The number of nitrogens with zero attached hydrogens (tertiary/aromatic N) is 3. The fraction of sp³-hybridized carbons (Fsp3) is 0.391. The van der Waals surface area contributed by atoms with E-state index in [9.17, 15) is 14.4 Å². The second-order valence-corrected chi connectivity index (χ2v) is 8.89. The quantitative estimate of drug-likeness (QED) is 0.707. The van der Waals surface area contributed by atoms with Crippen LogP contribution in [0.25, 0.3) is 0 Å². The summed E-state index contributed by atoms with van der Waals surface area (Å²) in [5.74, 6) is -0.433. The minimum Gasteiger partial charge on any atom is -0.352 e. The lowest BCUT2D eigenvalue weighted by Crippen LogP contribution is -2.45. The molecular formula is C23H25BrN4O3. The Morgan fingerprint density at radius 2 is 1.87 bits per heavy atom. The van der Waals surface area contributed by atoms with Gasteiger partial charge in [-0.15, -0.1) is 0 Å². The van der Waals surface area contributed by atoms with Gasteiger partial charge in [0.05, 0.1) is 11.6 Å². The van der Waals surface area contributed by atoms with Crippen molar-refractivity contribution < 1.29 is 14.4 Å². The molecule has 3 amide bonds. The Morgan fingerprint density at radius 3 is 2.58 bits per heavy atom. The van der Waals surface area contributed by atoms with Gasteiger partial charge in [0.1, 0.15) is 0 Å². The number of carbonyl (C=O) groups excluding carboxylic acids is 3. The largest absolute Gasteiger partial charge is 0.352 e. The van der Waals surface area contributed by atoms with E-state index in [-0.39, 0.29) is 36.0 Å². The molecule has 0 aliphatic carbocycles. The van der Waals surface area contributed by atoms with E-state index in [4.69, 9.17) is 0 Å². The van der Waals surface area contributed by atoms with Crippen molar-refractivity contribution in [3.8, 4) is 0 Å². The normalized spacial score (nSPS) is 19.5. The molecule has 7 nitrogen and oxygen atoms in total. The number of benzene rings is 1. The van der Waals surface area contributed by atoms with Crippen LogP contribution in [0.3, 0.4) is 0 Å². The third-order valence-electron chi connectivity index (χ3n) is 5.98. The van der Waals surface area contributed by atoms with Crippen molar-refractivity contribution in [2.45, 2.75) is 25.8 Å². The van der Waals surface area contributed by atoms with E-state index in [2.05, 4.69) is 26.2 Å². The molecule has 0 spiro atoms. The lowest BCUT2D eigenvalue weighted by molar-refractivity contribution is -0.139. The molecule has 8 heteroatoms. The van der Waals surface area contributed by atoms with Gasteiger partial charge in [-0.25, -0.2) is 0 Å². The molecule has 0 saturated carbocycles. The molecule has 3 heterocycles. The van der Waals surface area contributed by atoms with Crippen LogP contribution in [0.1, 0.15) is 24.8 Å². The van der Waals surface area contributed by atoms with Crippen molar-refractivity contribution in [1.29, 1.82) is 0 Å². The predicted molar refractivity (Wildman–Crippen MR) is 120 cm³/mol. The van der Waals surface area contributed by atoms with Crippen LogP contribution < -0.4 is 10.2 Å². The van der Waals surface area contributed by atoms with Crippen molar-refractivity contribution >= 4 is 39.3 Å². The summed E-state index contributed by atoms with van der Waals surface area (Å²) < 4.78 is 0.842. The number of likely N-dealkylation sites (tertiary alicyclic amines) is 1. The van der Waals surface area contributed by atoms with E-state index in [1.54, 1.807) is 17.3 Å². The molecular weight excluding hydrogens is 460 g/mol. The zero-order chi connectivity index (χ0) is 21.8. The van der Waals surface area contributed by atoms with E-state index in [1.807, 2.05) is 41.3 Å². The predicted octanol–water partition coefficient (Wildman–Crippen LogP) is 2.75. The summed E-state index contributed by atoms with van der Waals surface area (Å²) in [6, 6.07) is 11.3. The molecule has 0 radical (unpaired) electrons. The van der Waals surface area contributed by atoms with Gasteiger partial charge in [0, 0.05) is 55.4 Å². The zero-order valence-corrected chi connectivity index (χ0v) is 18.8. The average Bonchev–Trinajstić information content (AvgIpc) is 3.19. The second-order valence-electron chi connectivity index (χ2n) is 8.04. The molecule has 1 aromatic heterocycles. The van der Waals surface area contributed by atoms with Crippen LogP contribution in [0.2, 0.25) is 0 Å². The molecule has 0 bridgehead atoms. The number of pyridine rings is 1. The highest BCUT2D eigenvalue weighted by molar-refractivity contribution is 9.10. The number of para-hydroxylation sites is 1. The van der Waals surface area contributed by atoms with E-state index in [0.717, 1.165) is 15.7 Å². The summed E-state index contributed by atoms with van der Waals surface area (Å²) >= 11 is 3.48. The van der Waals surface area contributed by atoms with Gasteiger partial charge in [-0.1, -0.05) is 18.2 Å². The molecule has 2 aliphatic rings. The number of hydrogen-bond donors (Lipinski definition) is 1. The fourth-order valence-corrected chi connectivity index (χ4v) is 4.73. The van der Waals surface area contributed by atoms with E-state index in [1.165, 1.54) is 0 Å². The molecule has 4 rings (SSSR count). The Kier molecular flexibility index (Phi) is 6.65. The summed E-state index contributed by atoms with van der Waals surface area (Å²) in [6.45, 7) is 1.94. The molecule has 1 unspecified atom stereocenters. The summed E-state index contributed by atoms with van der Waals surface area (Å²) in [5, 5.41) is 2.96. The van der Waals surface area contributed by atoms with Crippen molar-refractivity contribution in [1.82, 2.24) is 15.2 Å². The fourth-order valence-electron chi connectivity index (χ4n) is 4.23. The van der Waals surface area contributed by atoms with Gasteiger partial charge < -0.3 is 15.1 Å². The Balaban J connectivity index is 1.28. The minimum absolute atomic E-state index is 0.0112. The van der Waals surface area contributed by atoms with Crippen LogP contribution in [0.15, 0.2) is 53.3 Å². The van der Waals surface area contributed by atoms with Gasteiger partial charge in [0.25, 0.3) is 0 Å². The Labute approximate surface area is 189 Å². The summed E-state index contributed by atoms with van der Waals surface area (Å²) in [6.07, 6.45) is 4.94. The number of nitrogens with one attached hydrogen (secondary N) is 1. The third-order valence-corrected chi connectivity index (χ3v) is 6.66. The van der Waals surface area contributed by atoms with E-state index < -0.39 is 0 Å². The van der Waals surface area contributed by atoms with Crippen LogP contribution in [0.4, 0.5) is 5.69 Å². The Bertz CT molecular complexity index is 960. The van der Waals surface area contributed by atoms with Crippen LogP contribution in [-0.4, -0.2) is 47.2 Å². The smallest absolute Gasteiger partial charge is 0.228 e. The monoisotopic (exact) mass is 484 g/mol. The van der Waals surface area contributed by atoms with Crippen molar-refractivity contribution in [3.05, 3.63) is 58.8 Å². The summed E-state index contributed by atoms with van der Waals surface area (Å²) in [5.41, 5.74) is 1.76. The first-order chi connectivity index (χ1) is 15.0. The van der Waals surface area contributed by atoms with Gasteiger partial charge in [0.2, 0.25) is 17.7 Å². The maximum Gasteiger partial charge on any atom is 0.228 e. The number of halogens is 1. The highest BCUT2D eigenvalue weighted by atomic mass is 79.9. The molecule has 2 saturated heterocycles. The standard InChI is InChI=1S/C23H25BrN4O3/c24-19-5-1-2-6-20(19)28-15-18(12-21(28)29)23(31)27-10-7-17(8-11-27)22(30)26-14-16-4-3-9-25-13-16/h1-6,9,13,17-18H,7-8,10-12,14-15H2,(H,26,30). The van der Waals surface area contributed by atoms with Crippen LogP contribution in [0, 0.1) is 11.8 Å². The van der Waals surface area contributed by atoms with Gasteiger partial charge in [-0.2, -0.15) is 0 Å². The molecule has 2 aromatic rings. The number of hydrogen-bond acceptors (Lipinski definition) is 4. The molecule has 31 heavy (non-hydrogen) atoms. The lowest BCUT2D eigenvalue weighted by Gasteiger charge is -2.33. The van der Waals surface area contributed by atoms with Crippen molar-refractivity contribution in [3.63, 3.8) is 0 Å². The van der Waals surface area contributed by atoms with Crippen LogP contribution >= 0.6 is 15.9 Å². The molecule has 2 fully saturated rings. The highest BCUT2D eigenvalue weighted by Gasteiger charge is 2.39. The molecule has 162 valence electrons. The van der Waals surface area contributed by atoms with Crippen LogP contribution in [-0.2, 0) is 20.9 Å². The lowest BCUT2D eigenvalue weighted by atomic mass is 9.94. The second kappa shape index (κ2) is 9.60. The van der Waals surface area contributed by atoms with Crippen molar-refractivity contribution in [2.75, 3.05) is 24.5 Å². The molecule has 1 N–H and O–H groups in total. The number of anilines is 1. The molecule has 1 atom stereocenters. The van der Waals surface area contributed by atoms with Gasteiger partial charge >= 0.3 is 0 Å². The molecule has 2 aliphatic heterocycles. The number of piperidine rings is 1. The number of aromatic nitrogens is 1. The maximum absolute atomic E-state index is 13.0. The average molecular weight is 485 g/mol. The van der Waals surface area contributed by atoms with Crippen molar-refractivity contribution in [2.24, 2.45) is 11.8 Å². The number of rotatable bonds is 5. The van der Waals surface area contributed by atoms with E-state index in [0.29, 0.717) is 39.0 Å². The molecule has 1 aromatic carbocycles. The zero-order valence-electron chi connectivity index (χ0n) is 17.2. The third kappa shape index (κ3) is 4.95. The maximum atomic E-state index is 13.0. The van der Waals surface area contributed by atoms with Gasteiger partial charge in [-0.05, 0) is 52.5 Å². The Hall–Kier alpha value is -2.74.